The van der Waals surface area contributed by atoms with Crippen molar-refractivity contribution >= 4 is 24.3 Å². The van der Waals surface area contributed by atoms with Crippen molar-refractivity contribution in [3.63, 3.8) is 0 Å². The van der Waals surface area contributed by atoms with Crippen LogP contribution in [0.1, 0.15) is 45.6 Å². The Morgan fingerprint density at radius 2 is 1.71 bits per heavy atom. The number of esters is 1. The number of rotatable bonds is 5. The van der Waals surface area contributed by atoms with E-state index < -0.39 is 29.5 Å². The molecular formula is C20H26FNO6. The van der Waals surface area contributed by atoms with E-state index in [2.05, 4.69) is 4.74 Å². The first kappa shape index (κ1) is 23.3. The van der Waals surface area contributed by atoms with Gasteiger partial charge in [-0.05, 0) is 45.4 Å². The Morgan fingerprint density at radius 3 is 2.14 bits per heavy atom. The average Bonchev–Trinajstić information content (AvgIpc) is 2.59. The van der Waals surface area contributed by atoms with Crippen LogP contribution in [0, 0.1) is 11.7 Å². The molecule has 0 spiro atoms. The van der Waals surface area contributed by atoms with E-state index in [1.807, 2.05) is 0 Å². The van der Waals surface area contributed by atoms with Gasteiger partial charge in [0.1, 0.15) is 11.7 Å². The largest absolute Gasteiger partial charge is 0.465 e. The van der Waals surface area contributed by atoms with Crippen LogP contribution in [0.2, 0.25) is 0 Å². The van der Waals surface area contributed by atoms with Crippen molar-refractivity contribution < 1.29 is 33.0 Å². The molecule has 7 nitrogen and oxygen atoms in total. The van der Waals surface area contributed by atoms with Crippen LogP contribution in [0.25, 0.3) is 0 Å². The third-order valence-electron chi connectivity index (χ3n) is 4.00. The Kier molecular flexibility index (Phi) is 8.76. The first-order chi connectivity index (χ1) is 13.1. The number of nitrogens with zero attached hydrogens (tertiary/aromatic N) is 1. The van der Waals surface area contributed by atoms with Crippen molar-refractivity contribution in [2.75, 3.05) is 7.05 Å². The Morgan fingerprint density at radius 1 is 1.14 bits per heavy atom. The molecule has 1 unspecified atom stereocenters. The summed E-state index contributed by atoms with van der Waals surface area (Å²) < 4.78 is 22.6. The molecule has 1 saturated heterocycles. The van der Waals surface area contributed by atoms with Crippen molar-refractivity contribution in [3.05, 3.63) is 35.6 Å². The normalized spacial score (nSPS) is 19.2. The molecule has 0 aliphatic carbocycles. The highest BCUT2D eigenvalue weighted by Gasteiger charge is 2.45. The molecule has 0 saturated carbocycles. The van der Waals surface area contributed by atoms with Gasteiger partial charge < -0.3 is 9.47 Å². The molecule has 1 aromatic carbocycles. The number of carbonyl (C=O) groups excluding carboxylic acids is 4. The first-order valence-electron chi connectivity index (χ1n) is 8.93. The Hall–Kier alpha value is -2.77. The summed E-state index contributed by atoms with van der Waals surface area (Å²) in [5.41, 5.74) is 0.571. The van der Waals surface area contributed by atoms with Crippen LogP contribution >= 0.6 is 0 Å². The van der Waals surface area contributed by atoms with Crippen molar-refractivity contribution in [1.29, 1.82) is 0 Å². The molecule has 1 aromatic rings. The Labute approximate surface area is 163 Å². The van der Waals surface area contributed by atoms with Crippen LogP contribution in [0.15, 0.2) is 24.3 Å². The number of imide groups is 1. The molecule has 2 amide bonds. The van der Waals surface area contributed by atoms with Crippen molar-refractivity contribution in [1.82, 2.24) is 4.90 Å². The topological polar surface area (TPSA) is 90.0 Å². The van der Waals surface area contributed by atoms with Crippen LogP contribution in [0.4, 0.5) is 4.39 Å². The highest BCUT2D eigenvalue weighted by Crippen LogP contribution is 2.35. The fraction of sp³-hybridized carbons (Fsp3) is 0.500. The monoisotopic (exact) mass is 395 g/mol. The number of ether oxygens (including phenoxy) is 2. The maximum Gasteiger partial charge on any atom is 0.319 e. The third-order valence-corrected chi connectivity index (χ3v) is 4.00. The van der Waals surface area contributed by atoms with Gasteiger partial charge in [-0.1, -0.05) is 12.1 Å². The SMILES string of the molecule is CC(C)OC(=O)[C@H]1C(=O)N(C)C(=O)CC1c1ccc(F)cc1.CC(C)OC=O. The lowest BCUT2D eigenvalue weighted by molar-refractivity contribution is -0.164. The molecule has 1 aliphatic rings. The highest BCUT2D eigenvalue weighted by atomic mass is 19.1. The molecule has 154 valence electrons. The van der Waals surface area contributed by atoms with Crippen LogP contribution in [-0.2, 0) is 28.7 Å². The van der Waals surface area contributed by atoms with Crippen LogP contribution in [0.5, 0.6) is 0 Å². The van der Waals surface area contributed by atoms with Gasteiger partial charge in [0, 0.05) is 19.4 Å². The fourth-order valence-electron chi connectivity index (χ4n) is 2.65. The number of carbonyl (C=O) groups is 4. The van der Waals surface area contributed by atoms with Gasteiger partial charge in [-0.3, -0.25) is 24.1 Å². The van der Waals surface area contributed by atoms with E-state index in [4.69, 9.17) is 4.74 Å². The summed E-state index contributed by atoms with van der Waals surface area (Å²) >= 11 is 0. The van der Waals surface area contributed by atoms with E-state index in [-0.39, 0.29) is 24.5 Å². The second kappa shape index (κ2) is 10.5. The quantitative estimate of drug-likeness (QED) is 0.329. The molecule has 0 radical (unpaired) electrons. The highest BCUT2D eigenvalue weighted by molar-refractivity contribution is 6.08. The summed E-state index contributed by atoms with van der Waals surface area (Å²) in [6.45, 7) is 7.42. The van der Waals surface area contributed by atoms with Gasteiger partial charge >= 0.3 is 5.97 Å². The number of amides is 2. The smallest absolute Gasteiger partial charge is 0.319 e. The first-order valence-corrected chi connectivity index (χ1v) is 8.93. The van der Waals surface area contributed by atoms with Gasteiger partial charge in [-0.2, -0.15) is 0 Å². The minimum atomic E-state index is -1.09. The number of piperidine rings is 1. The van der Waals surface area contributed by atoms with Gasteiger partial charge in [0.2, 0.25) is 11.8 Å². The molecule has 8 heteroatoms. The lowest BCUT2D eigenvalue weighted by atomic mass is 9.79. The average molecular weight is 395 g/mol. The van der Waals surface area contributed by atoms with E-state index in [1.165, 1.54) is 31.3 Å². The molecule has 0 N–H and O–H groups in total. The molecule has 1 fully saturated rings. The molecule has 1 aliphatic heterocycles. The molecule has 0 aromatic heterocycles. The van der Waals surface area contributed by atoms with E-state index in [1.54, 1.807) is 27.7 Å². The van der Waals surface area contributed by atoms with Crippen molar-refractivity contribution in [3.8, 4) is 0 Å². The lowest BCUT2D eigenvalue weighted by Crippen LogP contribution is -2.49. The Bertz CT molecular complexity index is 701. The van der Waals surface area contributed by atoms with Crippen LogP contribution < -0.4 is 0 Å². The molecular weight excluding hydrogens is 369 g/mol. The summed E-state index contributed by atoms with van der Waals surface area (Å²) in [6.07, 6.45) is -0.328. The van der Waals surface area contributed by atoms with Crippen molar-refractivity contribution in [2.24, 2.45) is 5.92 Å². The number of hydrogen-bond donors (Lipinski definition) is 0. The van der Waals surface area contributed by atoms with Gasteiger partial charge in [0.25, 0.3) is 6.47 Å². The molecule has 1 heterocycles. The van der Waals surface area contributed by atoms with E-state index in [0.29, 0.717) is 12.0 Å². The lowest BCUT2D eigenvalue weighted by Gasteiger charge is -2.33. The maximum atomic E-state index is 13.1. The summed E-state index contributed by atoms with van der Waals surface area (Å²) in [7, 11) is 1.35. The zero-order chi connectivity index (χ0) is 21.4. The zero-order valence-electron chi connectivity index (χ0n) is 16.7. The van der Waals surface area contributed by atoms with Gasteiger partial charge in [0.05, 0.1) is 12.2 Å². The predicted octanol–water partition coefficient (Wildman–Crippen LogP) is 2.43. The zero-order valence-corrected chi connectivity index (χ0v) is 16.7. The molecule has 2 rings (SSSR count). The van der Waals surface area contributed by atoms with E-state index in [0.717, 1.165) is 4.90 Å². The summed E-state index contributed by atoms with van der Waals surface area (Å²) in [6, 6.07) is 5.46. The minimum absolute atomic E-state index is 0.00569. The third kappa shape index (κ3) is 6.44. The van der Waals surface area contributed by atoms with Crippen LogP contribution in [-0.4, -0.2) is 48.4 Å². The second-order valence-corrected chi connectivity index (χ2v) is 6.90. The number of benzene rings is 1. The molecule has 28 heavy (non-hydrogen) atoms. The minimum Gasteiger partial charge on any atom is -0.465 e. The van der Waals surface area contributed by atoms with Gasteiger partial charge in [-0.15, -0.1) is 0 Å². The Balaban J connectivity index is 0.000000568. The van der Waals surface area contributed by atoms with Crippen LogP contribution in [0.3, 0.4) is 0 Å². The summed E-state index contributed by atoms with van der Waals surface area (Å²) in [5.74, 6) is -3.76. The second-order valence-electron chi connectivity index (χ2n) is 6.90. The molecule has 2 atom stereocenters. The standard InChI is InChI=1S/C16H18FNO4.C4H8O2/c1-9(2)22-16(21)14-12(8-13(19)18(3)15(14)20)10-4-6-11(17)7-5-10;1-4(2)6-3-5/h4-7,9,12,14H,8H2,1-3H3;3-4H,1-2H3/t12?,14-;/m1./s1. The van der Waals surface area contributed by atoms with Gasteiger partial charge in [-0.25, -0.2) is 4.39 Å². The number of halogens is 1. The van der Waals surface area contributed by atoms with Gasteiger partial charge in [0.15, 0.2) is 0 Å². The summed E-state index contributed by atoms with van der Waals surface area (Å²) in [5, 5.41) is 0. The fourth-order valence-corrected chi connectivity index (χ4v) is 2.65. The number of hydrogen-bond acceptors (Lipinski definition) is 6. The van der Waals surface area contributed by atoms with E-state index >= 15 is 0 Å². The number of likely N-dealkylation sites (tertiary alicyclic amines) is 1. The van der Waals surface area contributed by atoms with Crippen molar-refractivity contribution in [2.45, 2.75) is 52.2 Å². The molecule has 0 bridgehead atoms. The summed E-state index contributed by atoms with van der Waals surface area (Å²) in [4.78, 5) is 46.9. The maximum absolute atomic E-state index is 13.1. The predicted molar refractivity (Wildman–Crippen MR) is 98.5 cm³/mol. The van der Waals surface area contributed by atoms with E-state index in [9.17, 15) is 23.6 Å².